The number of imidazole rings is 1. The lowest BCUT2D eigenvalue weighted by Gasteiger charge is -2.17. The number of nitrogens with zero attached hydrogens (tertiary/aromatic N) is 3. The summed E-state index contributed by atoms with van der Waals surface area (Å²) in [6.07, 6.45) is 4.12. The van der Waals surface area contributed by atoms with Crippen LogP contribution in [0.5, 0.6) is 11.5 Å². The van der Waals surface area contributed by atoms with Gasteiger partial charge in [0.05, 0.1) is 25.8 Å². The summed E-state index contributed by atoms with van der Waals surface area (Å²) in [6, 6.07) is 10.5. The van der Waals surface area contributed by atoms with Crippen LogP contribution in [0.2, 0.25) is 0 Å². The quantitative estimate of drug-likeness (QED) is 0.509. The second-order valence-corrected chi connectivity index (χ2v) is 8.53. The van der Waals surface area contributed by atoms with Gasteiger partial charge in [-0.05, 0) is 48.7 Å². The van der Waals surface area contributed by atoms with Crippen LogP contribution in [0.15, 0.2) is 48.8 Å². The maximum absolute atomic E-state index is 14.6. The fraction of sp³-hybridized carbons (Fsp3) is 0.346. The van der Waals surface area contributed by atoms with Crippen molar-refractivity contribution >= 4 is 11.8 Å². The molecular weight excluding hydrogens is 451 g/mol. The molecule has 4 rings (SSSR count). The average molecular weight is 481 g/mol. The molecule has 0 radical (unpaired) electrons. The van der Waals surface area contributed by atoms with E-state index in [0.717, 1.165) is 5.56 Å². The van der Waals surface area contributed by atoms with E-state index in [4.69, 9.17) is 9.47 Å². The summed E-state index contributed by atoms with van der Waals surface area (Å²) < 4.78 is 26.9. The highest BCUT2D eigenvalue weighted by Gasteiger charge is 2.33. The summed E-state index contributed by atoms with van der Waals surface area (Å²) in [5.41, 5.74) is 2.06. The monoisotopic (exact) mass is 480 g/mol. The van der Waals surface area contributed by atoms with Gasteiger partial charge in [-0.1, -0.05) is 12.1 Å². The van der Waals surface area contributed by atoms with Gasteiger partial charge in [0.15, 0.2) is 11.5 Å². The standard InChI is InChI=1S/C26H29FN4O4/c1-17-28-9-11-31(17)22-6-4-19(12-21(22)27)15-29-26(33)20-14-25(32)30(16-20)10-8-18-5-7-23(34-2)24(13-18)35-3/h4-7,9,11-13,20H,8,10,14-16H2,1-3H3,(H,29,33). The number of hydrogen-bond acceptors (Lipinski definition) is 5. The predicted molar refractivity (Wildman–Crippen MR) is 128 cm³/mol. The Kier molecular flexibility index (Phi) is 7.33. The molecule has 1 saturated heterocycles. The van der Waals surface area contributed by atoms with Crippen LogP contribution in [0.25, 0.3) is 5.69 Å². The van der Waals surface area contributed by atoms with E-state index in [1.165, 1.54) is 6.07 Å². The molecule has 0 bridgehead atoms. The minimum Gasteiger partial charge on any atom is -0.493 e. The van der Waals surface area contributed by atoms with Gasteiger partial charge in [-0.15, -0.1) is 0 Å². The lowest BCUT2D eigenvalue weighted by molar-refractivity contribution is -0.129. The molecule has 8 nitrogen and oxygen atoms in total. The van der Waals surface area contributed by atoms with Crippen LogP contribution in [0.3, 0.4) is 0 Å². The maximum Gasteiger partial charge on any atom is 0.225 e. The first-order valence-corrected chi connectivity index (χ1v) is 11.4. The van der Waals surface area contributed by atoms with Gasteiger partial charge in [0.2, 0.25) is 11.8 Å². The first kappa shape index (κ1) is 24.3. The van der Waals surface area contributed by atoms with Crippen LogP contribution in [0.1, 0.15) is 23.4 Å². The molecule has 1 aromatic heterocycles. The van der Waals surface area contributed by atoms with Crippen molar-refractivity contribution in [3.63, 3.8) is 0 Å². The van der Waals surface area contributed by atoms with Gasteiger partial charge in [-0.3, -0.25) is 9.59 Å². The van der Waals surface area contributed by atoms with E-state index in [-0.39, 0.29) is 24.8 Å². The highest BCUT2D eigenvalue weighted by Crippen LogP contribution is 2.28. The summed E-state index contributed by atoms with van der Waals surface area (Å²) in [7, 11) is 3.16. The number of hydrogen-bond donors (Lipinski definition) is 1. The third kappa shape index (κ3) is 5.45. The van der Waals surface area contributed by atoms with E-state index in [1.54, 1.807) is 55.1 Å². The Hall–Kier alpha value is -3.88. The van der Waals surface area contributed by atoms with Crippen LogP contribution >= 0.6 is 0 Å². The Morgan fingerprint density at radius 3 is 2.60 bits per heavy atom. The number of nitrogens with one attached hydrogen (secondary N) is 1. The van der Waals surface area contributed by atoms with Crippen molar-refractivity contribution in [1.29, 1.82) is 0 Å². The Morgan fingerprint density at radius 1 is 1.14 bits per heavy atom. The van der Waals surface area contributed by atoms with Gasteiger partial charge in [-0.25, -0.2) is 9.37 Å². The van der Waals surface area contributed by atoms with Crippen molar-refractivity contribution in [2.24, 2.45) is 5.92 Å². The van der Waals surface area contributed by atoms with Crippen LogP contribution in [0.4, 0.5) is 4.39 Å². The van der Waals surface area contributed by atoms with E-state index in [9.17, 15) is 14.0 Å². The Balaban J connectivity index is 1.30. The van der Waals surface area contributed by atoms with Crippen molar-refractivity contribution in [1.82, 2.24) is 19.8 Å². The topological polar surface area (TPSA) is 85.7 Å². The van der Waals surface area contributed by atoms with Gasteiger partial charge in [0, 0.05) is 38.4 Å². The van der Waals surface area contributed by atoms with E-state index in [1.807, 2.05) is 18.2 Å². The normalized spacial score (nSPS) is 15.4. The molecule has 35 heavy (non-hydrogen) atoms. The molecule has 1 aliphatic rings. The number of carbonyl (C=O) groups is 2. The van der Waals surface area contributed by atoms with Crippen molar-refractivity contribution < 1.29 is 23.5 Å². The number of aromatic nitrogens is 2. The minimum absolute atomic E-state index is 0.0447. The summed E-state index contributed by atoms with van der Waals surface area (Å²) in [6.45, 7) is 2.87. The smallest absolute Gasteiger partial charge is 0.225 e. The highest BCUT2D eigenvalue weighted by molar-refractivity contribution is 5.89. The first-order chi connectivity index (χ1) is 16.9. The van der Waals surface area contributed by atoms with E-state index < -0.39 is 11.7 Å². The van der Waals surface area contributed by atoms with Gasteiger partial charge < -0.3 is 24.3 Å². The molecular formula is C26H29FN4O4. The van der Waals surface area contributed by atoms with Crippen molar-refractivity contribution in [3.05, 3.63) is 71.6 Å². The van der Waals surface area contributed by atoms with Crippen molar-refractivity contribution in [2.75, 3.05) is 27.3 Å². The van der Waals surface area contributed by atoms with Crippen LogP contribution in [0, 0.1) is 18.7 Å². The summed E-state index contributed by atoms with van der Waals surface area (Å²) in [5, 5.41) is 2.84. The zero-order valence-corrected chi connectivity index (χ0v) is 20.1. The van der Waals surface area contributed by atoms with E-state index in [0.29, 0.717) is 48.1 Å². The third-order valence-electron chi connectivity index (χ3n) is 6.27. The largest absolute Gasteiger partial charge is 0.493 e. The first-order valence-electron chi connectivity index (χ1n) is 11.4. The van der Waals surface area contributed by atoms with Crippen molar-refractivity contribution in [3.8, 4) is 17.2 Å². The lowest BCUT2D eigenvalue weighted by Crippen LogP contribution is -2.33. The molecule has 3 aromatic rings. The maximum atomic E-state index is 14.6. The molecule has 0 saturated carbocycles. The van der Waals surface area contributed by atoms with E-state index in [2.05, 4.69) is 10.3 Å². The lowest BCUT2D eigenvalue weighted by atomic mass is 10.1. The number of ether oxygens (including phenoxy) is 2. The molecule has 2 heterocycles. The minimum atomic E-state index is -0.425. The highest BCUT2D eigenvalue weighted by atomic mass is 19.1. The Morgan fingerprint density at radius 2 is 1.91 bits per heavy atom. The SMILES string of the molecule is COc1ccc(CCN2CC(C(=O)NCc3ccc(-n4ccnc4C)c(F)c3)CC2=O)cc1OC. The molecule has 1 fully saturated rings. The average Bonchev–Trinajstić information content (AvgIpc) is 3.46. The number of methoxy groups -OCH3 is 2. The van der Waals surface area contributed by atoms with Gasteiger partial charge in [0.1, 0.15) is 11.6 Å². The van der Waals surface area contributed by atoms with Crippen LogP contribution < -0.4 is 14.8 Å². The van der Waals surface area contributed by atoms with Crippen LogP contribution in [-0.4, -0.2) is 53.6 Å². The Bertz CT molecular complexity index is 1230. The van der Waals surface area contributed by atoms with Crippen molar-refractivity contribution in [2.45, 2.75) is 26.3 Å². The molecule has 2 aromatic carbocycles. The predicted octanol–water partition coefficient (Wildman–Crippen LogP) is 3.04. The zero-order valence-electron chi connectivity index (χ0n) is 20.1. The molecule has 9 heteroatoms. The Labute approximate surface area is 203 Å². The number of halogens is 1. The molecule has 0 spiro atoms. The number of amides is 2. The second kappa shape index (κ2) is 10.6. The molecule has 2 amide bonds. The van der Waals surface area contributed by atoms with Gasteiger partial charge in [-0.2, -0.15) is 0 Å². The summed E-state index contributed by atoms with van der Waals surface area (Å²) >= 11 is 0. The fourth-order valence-corrected chi connectivity index (χ4v) is 4.29. The summed E-state index contributed by atoms with van der Waals surface area (Å²) in [5.74, 6) is 0.905. The zero-order chi connectivity index (χ0) is 24.9. The number of rotatable bonds is 9. The van der Waals surface area contributed by atoms with Gasteiger partial charge >= 0.3 is 0 Å². The fourth-order valence-electron chi connectivity index (χ4n) is 4.29. The molecule has 0 aliphatic carbocycles. The second-order valence-electron chi connectivity index (χ2n) is 8.53. The summed E-state index contributed by atoms with van der Waals surface area (Å²) in [4.78, 5) is 31.0. The number of benzene rings is 2. The number of likely N-dealkylation sites (tertiary alicyclic amines) is 1. The van der Waals surface area contributed by atoms with E-state index >= 15 is 0 Å². The number of aryl methyl sites for hydroxylation is 1. The third-order valence-corrected chi connectivity index (χ3v) is 6.27. The molecule has 184 valence electrons. The number of carbonyl (C=O) groups excluding carboxylic acids is 2. The molecule has 1 N–H and O–H groups in total. The molecule has 1 atom stereocenters. The van der Waals surface area contributed by atoms with Gasteiger partial charge in [0.25, 0.3) is 0 Å². The molecule has 1 unspecified atom stereocenters. The van der Waals surface area contributed by atoms with Crippen LogP contribution in [-0.2, 0) is 22.6 Å². The molecule has 1 aliphatic heterocycles.